The van der Waals surface area contributed by atoms with Gasteiger partial charge in [-0.25, -0.2) is 0 Å². The summed E-state index contributed by atoms with van der Waals surface area (Å²) >= 11 is 14.7. The van der Waals surface area contributed by atoms with Crippen LogP contribution in [0.15, 0.2) is 364 Å². The molecule has 0 heterocycles. The molecule has 0 amide bonds. The maximum Gasteiger partial charge on any atom is 0.488 e. The zero-order chi connectivity index (χ0) is 67.1. The molecular weight excluding hydrogens is 1470 g/mol. The van der Waals surface area contributed by atoms with Gasteiger partial charge in [-0.05, 0) is 219 Å². The van der Waals surface area contributed by atoms with Gasteiger partial charge in [0.25, 0.3) is 0 Å². The van der Waals surface area contributed by atoms with Crippen molar-refractivity contribution in [1.82, 2.24) is 0 Å². The van der Waals surface area contributed by atoms with E-state index in [0.717, 1.165) is 29.0 Å². The van der Waals surface area contributed by atoms with Gasteiger partial charge in [-0.2, -0.15) is 0 Å². The molecule has 470 valence electrons. The molecule has 0 spiro atoms. The van der Waals surface area contributed by atoms with Gasteiger partial charge in [0.2, 0.25) is 0 Å². The molecule has 0 saturated heterocycles. The summed E-state index contributed by atoms with van der Waals surface area (Å²) in [6.45, 7) is 0. The van der Waals surface area contributed by atoms with Crippen LogP contribution in [0.2, 0.25) is 0 Å². The molecule has 18 aromatic carbocycles. The van der Waals surface area contributed by atoms with Crippen molar-refractivity contribution in [2.24, 2.45) is 0 Å². The molecule has 0 unspecified atom stereocenters. The molecule has 18 rings (SSSR count). The standard InChI is InChI=1S/C64H42.C16H6Br4.C12H11BO2/c1-5-17-43(18-6-1)47-25-13-29-51(37-47)59-41-60(52-30-14-26-48(38-52)44-19-7-2-8-20-44)56-35-36-58-62(54-32-16-28-50(40-54)46-23-11-4-12-24-46)42-61(57-34-33-55(59)63(56)64(57)58)53-31-15-27-49(39-53)45-21-9-3-10-22-45;17-11-5-13(19)9-3-4-10-14(20)6-12(18)8-2-1-7(11)15(9)16(8)10;14-13(15)12-8-4-7-11(9-12)10-5-2-1-3-6-10/h1-42H;1-6H;1-9,14-15H. The highest BCUT2D eigenvalue weighted by Gasteiger charge is 2.23. The summed E-state index contributed by atoms with van der Waals surface area (Å²) < 4.78 is 4.45. The Balaban J connectivity index is 0.000000176. The first-order valence-electron chi connectivity index (χ1n) is 32.9. The minimum absolute atomic E-state index is 0.511. The topological polar surface area (TPSA) is 40.5 Å². The van der Waals surface area contributed by atoms with Gasteiger partial charge in [0.05, 0.1) is 0 Å². The average Bonchev–Trinajstić information content (AvgIpc) is 0.705. The largest absolute Gasteiger partial charge is 0.488 e. The molecule has 7 heteroatoms. The van der Waals surface area contributed by atoms with Crippen LogP contribution >= 0.6 is 63.7 Å². The molecular formula is C92H59BBr4O2. The van der Waals surface area contributed by atoms with E-state index in [1.165, 1.54) is 154 Å². The zero-order valence-electron chi connectivity index (χ0n) is 53.4. The van der Waals surface area contributed by atoms with Crippen molar-refractivity contribution in [3.63, 3.8) is 0 Å². The zero-order valence-corrected chi connectivity index (χ0v) is 59.7. The van der Waals surface area contributed by atoms with Crippen molar-refractivity contribution in [2.75, 3.05) is 0 Å². The average molecular weight is 1530 g/mol. The maximum absolute atomic E-state index is 9.05. The van der Waals surface area contributed by atoms with Gasteiger partial charge in [-0.1, -0.05) is 361 Å². The predicted octanol–water partition coefficient (Wildman–Crippen LogP) is 26.6. The summed E-state index contributed by atoms with van der Waals surface area (Å²) in [5.41, 5.74) is 21.9. The quantitative estimate of drug-likeness (QED) is 0.106. The highest BCUT2D eigenvalue weighted by atomic mass is 79.9. The van der Waals surface area contributed by atoms with E-state index in [9.17, 15) is 0 Å². The molecule has 99 heavy (non-hydrogen) atoms. The summed E-state index contributed by atoms with van der Waals surface area (Å²) in [7, 11) is -1.41. The minimum Gasteiger partial charge on any atom is -0.423 e. The molecule has 0 radical (unpaired) electrons. The van der Waals surface area contributed by atoms with Crippen molar-refractivity contribution in [1.29, 1.82) is 0 Å². The van der Waals surface area contributed by atoms with Crippen molar-refractivity contribution >= 4 is 141 Å². The Morgan fingerprint density at radius 2 is 0.374 bits per heavy atom. The lowest BCUT2D eigenvalue weighted by Crippen LogP contribution is -2.29. The van der Waals surface area contributed by atoms with Crippen molar-refractivity contribution in [3.8, 4) is 100 Å². The Labute approximate surface area is 609 Å². The fourth-order valence-electron chi connectivity index (χ4n) is 14.3. The van der Waals surface area contributed by atoms with E-state index in [-0.39, 0.29) is 0 Å². The summed E-state index contributed by atoms with van der Waals surface area (Å²) in [5, 5.41) is 33.2. The summed E-state index contributed by atoms with van der Waals surface area (Å²) in [5.74, 6) is 0. The summed E-state index contributed by atoms with van der Waals surface area (Å²) in [6, 6.07) is 124. The molecule has 0 aliphatic heterocycles. The third-order valence-electron chi connectivity index (χ3n) is 19.0. The van der Waals surface area contributed by atoms with Crippen LogP contribution in [0.25, 0.3) is 165 Å². The lowest BCUT2D eigenvalue weighted by atomic mass is 9.79. The molecule has 0 aromatic heterocycles. The lowest BCUT2D eigenvalue weighted by molar-refractivity contribution is 0.426. The fraction of sp³-hybridized carbons (Fsp3) is 0. The fourth-order valence-corrected chi connectivity index (χ4v) is 17.1. The molecule has 18 aromatic rings. The van der Waals surface area contributed by atoms with Crippen LogP contribution in [-0.2, 0) is 0 Å². The van der Waals surface area contributed by atoms with E-state index in [1.54, 1.807) is 12.1 Å². The third kappa shape index (κ3) is 12.5. The number of hydrogen-bond acceptors (Lipinski definition) is 2. The van der Waals surface area contributed by atoms with Gasteiger partial charge in [-0.15, -0.1) is 0 Å². The SMILES string of the molecule is Brc1cc(Br)c2ccc3c(Br)cc(Br)c4ccc1c2c43.OB(O)c1cccc(-c2ccccc2)c1.c1ccc(-c2cccc(-c3cc(-c4cccc(-c5ccccc5)c4)c4ccc5c(-c6cccc(-c7ccccc7)c6)cc(-c6cccc(-c7ccccc7)c6)c6ccc3c4c65)c2)cc1. The van der Waals surface area contributed by atoms with E-state index in [0.29, 0.717) is 5.46 Å². The Bertz CT molecular complexity index is 5360. The van der Waals surface area contributed by atoms with Gasteiger partial charge in [0, 0.05) is 17.9 Å². The van der Waals surface area contributed by atoms with Gasteiger partial charge < -0.3 is 10.0 Å². The van der Waals surface area contributed by atoms with Crippen LogP contribution in [0.1, 0.15) is 0 Å². The smallest absolute Gasteiger partial charge is 0.423 e. The van der Waals surface area contributed by atoms with Crippen molar-refractivity contribution < 1.29 is 10.0 Å². The maximum atomic E-state index is 9.05. The van der Waals surface area contributed by atoms with Gasteiger partial charge in [0.15, 0.2) is 0 Å². The number of halogens is 4. The first-order valence-corrected chi connectivity index (χ1v) is 36.1. The molecule has 0 bridgehead atoms. The predicted molar refractivity (Wildman–Crippen MR) is 436 cm³/mol. The minimum atomic E-state index is -1.41. The highest BCUT2D eigenvalue weighted by Crippen LogP contribution is 2.51. The second-order valence-corrected chi connectivity index (χ2v) is 28.3. The Morgan fingerprint density at radius 3 is 0.626 bits per heavy atom. The van der Waals surface area contributed by atoms with E-state index in [2.05, 4.69) is 355 Å². The highest BCUT2D eigenvalue weighted by molar-refractivity contribution is 9.11. The van der Waals surface area contributed by atoms with E-state index < -0.39 is 7.12 Å². The molecule has 0 atom stereocenters. The summed E-state index contributed by atoms with van der Waals surface area (Å²) in [6.07, 6.45) is 0. The van der Waals surface area contributed by atoms with Crippen LogP contribution in [0.3, 0.4) is 0 Å². The normalized spacial score (nSPS) is 11.3. The molecule has 0 saturated carbocycles. The third-order valence-corrected chi connectivity index (χ3v) is 21.6. The van der Waals surface area contributed by atoms with E-state index >= 15 is 0 Å². The van der Waals surface area contributed by atoms with Crippen molar-refractivity contribution in [3.05, 3.63) is 364 Å². The van der Waals surface area contributed by atoms with Crippen LogP contribution < -0.4 is 5.46 Å². The van der Waals surface area contributed by atoms with Crippen LogP contribution in [0.5, 0.6) is 0 Å². The van der Waals surface area contributed by atoms with E-state index in [1.807, 2.05) is 42.5 Å². The molecule has 0 aliphatic carbocycles. The molecule has 0 aliphatic rings. The summed E-state index contributed by atoms with van der Waals surface area (Å²) in [4.78, 5) is 0. The van der Waals surface area contributed by atoms with Gasteiger partial charge in [-0.3, -0.25) is 0 Å². The van der Waals surface area contributed by atoms with Gasteiger partial charge in [0.1, 0.15) is 0 Å². The Kier molecular flexibility index (Phi) is 17.8. The number of hydrogen-bond donors (Lipinski definition) is 2. The Morgan fingerprint density at radius 1 is 0.172 bits per heavy atom. The number of rotatable bonds is 10. The van der Waals surface area contributed by atoms with Gasteiger partial charge >= 0.3 is 7.12 Å². The second-order valence-electron chi connectivity index (χ2n) is 24.9. The molecule has 2 nitrogen and oxygen atoms in total. The first kappa shape index (κ1) is 63.7. The lowest BCUT2D eigenvalue weighted by Gasteiger charge is -2.22. The number of benzene rings is 18. The van der Waals surface area contributed by atoms with Crippen LogP contribution in [0.4, 0.5) is 0 Å². The Hall–Kier alpha value is -10.1. The first-order chi connectivity index (χ1) is 48.6. The van der Waals surface area contributed by atoms with Crippen LogP contribution in [-0.4, -0.2) is 17.2 Å². The van der Waals surface area contributed by atoms with E-state index in [4.69, 9.17) is 10.0 Å². The van der Waals surface area contributed by atoms with Crippen LogP contribution in [0, 0.1) is 0 Å². The molecule has 2 N–H and O–H groups in total. The molecule has 0 fully saturated rings. The monoisotopic (exact) mass is 1520 g/mol. The van der Waals surface area contributed by atoms with Crippen molar-refractivity contribution in [2.45, 2.75) is 0 Å². The second kappa shape index (κ2) is 27.7.